The Balaban J connectivity index is 1.30. The maximum atomic E-state index is 11.9. The summed E-state index contributed by atoms with van der Waals surface area (Å²) in [5.74, 6) is 1.50. The van der Waals surface area contributed by atoms with Crippen LogP contribution < -0.4 is 9.64 Å². The second-order valence-corrected chi connectivity index (χ2v) is 11.5. The number of carbonyl (C=O) groups is 2. The number of carboxylic acid groups (broad SMARTS) is 1. The summed E-state index contributed by atoms with van der Waals surface area (Å²) in [7, 11) is 0. The molecule has 43 heavy (non-hydrogen) atoms. The molecule has 3 aromatic rings. The SMILES string of the molecule is CCOC(=O)CC1CCN(Cc2cc(Oc3cnc(N4CCN(C(=O)O)CC4)cn3)nc(-c3cc(Cl)cc(Cl)c3)c2)CC1. The molecule has 1 amide bonds. The van der Waals surface area contributed by atoms with Crippen molar-refractivity contribution in [1.82, 2.24) is 24.8 Å². The van der Waals surface area contributed by atoms with Crippen molar-refractivity contribution in [3.05, 3.63) is 58.3 Å². The highest BCUT2D eigenvalue weighted by molar-refractivity contribution is 6.35. The van der Waals surface area contributed by atoms with Gasteiger partial charge in [-0.15, -0.1) is 0 Å². The number of nitrogens with zero attached hydrogens (tertiary/aromatic N) is 6. The summed E-state index contributed by atoms with van der Waals surface area (Å²) < 4.78 is 11.2. The number of likely N-dealkylation sites (tertiary alicyclic amines) is 1. The van der Waals surface area contributed by atoms with E-state index >= 15 is 0 Å². The van der Waals surface area contributed by atoms with E-state index in [0.717, 1.165) is 37.1 Å². The highest BCUT2D eigenvalue weighted by Gasteiger charge is 2.23. The Morgan fingerprint density at radius 2 is 1.65 bits per heavy atom. The second-order valence-electron chi connectivity index (χ2n) is 10.7. The van der Waals surface area contributed by atoms with Gasteiger partial charge in [0.05, 0.1) is 24.7 Å². The maximum absolute atomic E-state index is 11.9. The largest absolute Gasteiger partial charge is 0.466 e. The molecular weight excluding hydrogens is 595 g/mol. The molecule has 0 spiro atoms. The van der Waals surface area contributed by atoms with Crippen LogP contribution in [-0.2, 0) is 16.1 Å². The van der Waals surface area contributed by atoms with Crippen molar-refractivity contribution in [2.45, 2.75) is 32.7 Å². The number of halogens is 2. The Bertz CT molecular complexity index is 1410. The van der Waals surface area contributed by atoms with Crippen LogP contribution in [0.25, 0.3) is 11.3 Å². The van der Waals surface area contributed by atoms with E-state index in [-0.39, 0.29) is 11.8 Å². The molecular formula is C30H34Cl2N6O5. The summed E-state index contributed by atoms with van der Waals surface area (Å²) in [6.07, 6.45) is 4.56. The zero-order valence-corrected chi connectivity index (χ0v) is 25.4. The van der Waals surface area contributed by atoms with Crippen LogP contribution in [-0.4, -0.2) is 87.8 Å². The van der Waals surface area contributed by atoms with Crippen molar-refractivity contribution in [3.63, 3.8) is 0 Å². The zero-order chi connectivity index (χ0) is 30.3. The van der Waals surface area contributed by atoms with Gasteiger partial charge in [0.1, 0.15) is 5.82 Å². The Labute approximate surface area is 260 Å². The number of piperazine rings is 1. The van der Waals surface area contributed by atoms with E-state index in [0.29, 0.717) is 79.1 Å². The number of esters is 1. The Morgan fingerprint density at radius 1 is 0.930 bits per heavy atom. The van der Waals surface area contributed by atoms with E-state index in [2.05, 4.69) is 14.9 Å². The average Bonchev–Trinajstić information content (AvgIpc) is 2.98. The number of carbonyl (C=O) groups excluding carboxylic acids is 1. The molecule has 4 heterocycles. The van der Waals surface area contributed by atoms with Gasteiger partial charge in [-0.2, -0.15) is 0 Å². The lowest BCUT2D eigenvalue weighted by Crippen LogP contribution is -2.48. The average molecular weight is 630 g/mol. The smallest absolute Gasteiger partial charge is 0.407 e. The number of amides is 1. The summed E-state index contributed by atoms with van der Waals surface area (Å²) in [6.45, 7) is 6.55. The van der Waals surface area contributed by atoms with E-state index in [9.17, 15) is 14.7 Å². The fraction of sp³-hybridized carbons (Fsp3) is 0.433. The molecule has 0 saturated carbocycles. The highest BCUT2D eigenvalue weighted by atomic mass is 35.5. The summed E-state index contributed by atoms with van der Waals surface area (Å²) in [4.78, 5) is 42.5. The van der Waals surface area contributed by atoms with Crippen molar-refractivity contribution in [3.8, 4) is 23.0 Å². The summed E-state index contributed by atoms with van der Waals surface area (Å²) in [5, 5.41) is 10.2. The number of ether oxygens (including phenoxy) is 2. The van der Waals surface area contributed by atoms with Gasteiger partial charge in [0, 0.05) is 60.8 Å². The molecule has 2 saturated heterocycles. The van der Waals surface area contributed by atoms with E-state index in [4.69, 9.17) is 37.7 Å². The Kier molecular flexibility index (Phi) is 10.2. The minimum Gasteiger partial charge on any atom is -0.466 e. The number of hydrogen-bond donors (Lipinski definition) is 1. The number of piperidine rings is 1. The van der Waals surface area contributed by atoms with Crippen molar-refractivity contribution < 1.29 is 24.2 Å². The molecule has 228 valence electrons. The van der Waals surface area contributed by atoms with Crippen LogP contribution in [0.5, 0.6) is 11.8 Å². The normalized spacial score (nSPS) is 16.3. The van der Waals surface area contributed by atoms with Gasteiger partial charge in [0.15, 0.2) is 0 Å². The fourth-order valence-corrected chi connectivity index (χ4v) is 5.90. The zero-order valence-electron chi connectivity index (χ0n) is 23.9. The lowest BCUT2D eigenvalue weighted by Gasteiger charge is -2.33. The number of hydrogen-bond acceptors (Lipinski definition) is 9. The third kappa shape index (κ3) is 8.46. The van der Waals surface area contributed by atoms with Crippen molar-refractivity contribution >= 4 is 41.1 Å². The minimum absolute atomic E-state index is 0.126. The third-order valence-corrected chi connectivity index (χ3v) is 8.03. The van der Waals surface area contributed by atoms with E-state index in [1.807, 2.05) is 36.1 Å². The Morgan fingerprint density at radius 3 is 2.28 bits per heavy atom. The van der Waals surface area contributed by atoms with Crippen molar-refractivity contribution in [2.24, 2.45) is 5.92 Å². The minimum atomic E-state index is -0.915. The lowest BCUT2D eigenvalue weighted by molar-refractivity contribution is -0.144. The molecule has 11 nitrogen and oxygen atoms in total. The van der Waals surface area contributed by atoms with Gasteiger partial charge in [0.25, 0.3) is 0 Å². The van der Waals surface area contributed by atoms with Crippen LogP contribution in [0.4, 0.5) is 10.6 Å². The third-order valence-electron chi connectivity index (χ3n) is 7.59. The van der Waals surface area contributed by atoms with Gasteiger partial charge >= 0.3 is 12.1 Å². The molecule has 0 aliphatic carbocycles. The van der Waals surface area contributed by atoms with Gasteiger partial charge in [-0.1, -0.05) is 23.2 Å². The van der Waals surface area contributed by atoms with Gasteiger partial charge in [-0.25, -0.2) is 19.7 Å². The molecule has 0 radical (unpaired) electrons. The van der Waals surface area contributed by atoms with Crippen molar-refractivity contribution in [2.75, 3.05) is 50.8 Å². The van der Waals surface area contributed by atoms with Crippen LogP contribution >= 0.6 is 23.2 Å². The molecule has 13 heteroatoms. The van der Waals surface area contributed by atoms with E-state index in [1.165, 1.54) is 11.1 Å². The first-order chi connectivity index (χ1) is 20.7. The van der Waals surface area contributed by atoms with Gasteiger partial charge in [-0.05, 0) is 68.6 Å². The molecule has 2 aromatic heterocycles. The maximum Gasteiger partial charge on any atom is 0.407 e. The van der Waals surface area contributed by atoms with Gasteiger partial charge in [-0.3, -0.25) is 9.69 Å². The van der Waals surface area contributed by atoms with Crippen LogP contribution in [0.15, 0.2) is 42.7 Å². The van der Waals surface area contributed by atoms with Crippen LogP contribution in [0.1, 0.15) is 31.7 Å². The topological polar surface area (TPSA) is 121 Å². The lowest BCUT2D eigenvalue weighted by atomic mass is 9.93. The number of aromatic nitrogens is 3. The second kappa shape index (κ2) is 14.2. The summed E-state index contributed by atoms with van der Waals surface area (Å²) >= 11 is 12.6. The number of pyridine rings is 1. The van der Waals surface area contributed by atoms with Crippen LogP contribution in [0.3, 0.4) is 0 Å². The number of anilines is 1. The van der Waals surface area contributed by atoms with Crippen molar-refractivity contribution in [1.29, 1.82) is 0 Å². The van der Waals surface area contributed by atoms with Gasteiger partial charge < -0.3 is 24.4 Å². The van der Waals surface area contributed by atoms with E-state index < -0.39 is 6.09 Å². The summed E-state index contributed by atoms with van der Waals surface area (Å²) in [5.41, 5.74) is 2.43. The summed E-state index contributed by atoms with van der Waals surface area (Å²) in [6, 6.07) is 9.19. The number of rotatable bonds is 9. The van der Waals surface area contributed by atoms with E-state index in [1.54, 1.807) is 12.3 Å². The molecule has 0 atom stereocenters. The molecule has 5 rings (SSSR count). The standard InChI is InChI=1S/C30H34Cl2N6O5/c1-2-42-29(39)13-20-3-5-36(6-4-20)19-21-11-25(22-14-23(31)16-24(32)15-22)35-27(12-21)43-28-18-33-26(17-34-28)37-7-9-38(10-8-37)30(40)41/h11-12,14-18,20H,2-10,13,19H2,1H3,(H,40,41). The Hall–Kier alpha value is -3.67. The highest BCUT2D eigenvalue weighted by Crippen LogP contribution is 2.31. The van der Waals surface area contributed by atoms with Crippen LogP contribution in [0, 0.1) is 5.92 Å². The number of benzene rings is 1. The predicted octanol–water partition coefficient (Wildman–Crippen LogP) is 5.60. The first kappa shape index (κ1) is 30.8. The fourth-order valence-electron chi connectivity index (χ4n) is 5.37. The molecule has 0 unspecified atom stereocenters. The molecule has 1 aromatic carbocycles. The molecule has 2 aliphatic rings. The molecule has 1 N–H and O–H groups in total. The first-order valence-electron chi connectivity index (χ1n) is 14.3. The quantitative estimate of drug-likeness (QED) is 0.299. The molecule has 0 bridgehead atoms. The molecule has 2 aliphatic heterocycles. The molecule has 2 fully saturated rings. The first-order valence-corrected chi connectivity index (χ1v) is 15.1. The predicted molar refractivity (Wildman–Crippen MR) is 163 cm³/mol. The van der Waals surface area contributed by atoms with Crippen LogP contribution in [0.2, 0.25) is 10.0 Å². The van der Waals surface area contributed by atoms with Gasteiger partial charge in [0.2, 0.25) is 11.8 Å². The monoisotopic (exact) mass is 628 g/mol.